The minimum absolute atomic E-state index is 0.0673. The van der Waals surface area contributed by atoms with Crippen molar-refractivity contribution in [3.05, 3.63) is 83.9 Å². The summed E-state index contributed by atoms with van der Waals surface area (Å²) in [4.78, 5) is 17.8. The highest BCUT2D eigenvalue weighted by Crippen LogP contribution is 2.39. The van der Waals surface area contributed by atoms with Crippen LogP contribution in [0.1, 0.15) is 15.9 Å². The van der Waals surface area contributed by atoms with Gasteiger partial charge in [-0.15, -0.1) is 0 Å². The summed E-state index contributed by atoms with van der Waals surface area (Å²) in [5.74, 6) is 0.881. The Morgan fingerprint density at radius 2 is 1.54 bits per heavy atom. The first-order valence-corrected chi connectivity index (χ1v) is 8.48. The first-order chi connectivity index (χ1) is 12.8. The Hall–Kier alpha value is -3.46. The summed E-state index contributed by atoms with van der Waals surface area (Å²) in [5, 5.41) is 1.97. The SMILES string of the molecule is COc1ccc(-c2cc3cccc4c3c(n2)-c2ccccc2C4=O)cc1. The molecule has 0 atom stereocenters. The van der Waals surface area contributed by atoms with Crippen molar-refractivity contribution >= 4 is 16.6 Å². The lowest BCUT2D eigenvalue weighted by atomic mass is 9.85. The van der Waals surface area contributed by atoms with E-state index in [1.54, 1.807) is 7.11 Å². The third-order valence-corrected chi connectivity index (χ3v) is 4.92. The molecule has 3 aromatic carbocycles. The number of nitrogens with zero attached hydrogens (tertiary/aromatic N) is 1. The maximum Gasteiger partial charge on any atom is 0.194 e. The van der Waals surface area contributed by atoms with Gasteiger partial charge in [-0.2, -0.15) is 0 Å². The second-order valence-corrected chi connectivity index (χ2v) is 6.36. The summed E-state index contributed by atoms with van der Waals surface area (Å²) in [6, 6.07) is 23.5. The average Bonchev–Trinajstić information content (AvgIpc) is 2.71. The molecule has 3 heteroatoms. The van der Waals surface area contributed by atoms with Gasteiger partial charge in [0.05, 0.1) is 18.5 Å². The number of benzene rings is 3. The standard InChI is InChI=1S/C23H15NO2/c1-26-16-11-9-14(10-12-16)20-13-15-5-4-8-19-21(15)22(24-20)17-6-2-3-7-18(17)23(19)25/h2-13H,1H3. The highest BCUT2D eigenvalue weighted by Gasteiger charge is 2.26. The Morgan fingerprint density at radius 1 is 0.808 bits per heavy atom. The Balaban J connectivity index is 1.83. The molecular weight excluding hydrogens is 322 g/mol. The highest BCUT2D eigenvalue weighted by molar-refractivity contribution is 6.25. The molecule has 0 aliphatic heterocycles. The van der Waals surface area contributed by atoms with Crippen LogP contribution in [0.3, 0.4) is 0 Å². The fourth-order valence-electron chi connectivity index (χ4n) is 3.64. The maximum absolute atomic E-state index is 12.9. The van der Waals surface area contributed by atoms with E-state index in [4.69, 9.17) is 9.72 Å². The van der Waals surface area contributed by atoms with Gasteiger partial charge in [-0.25, -0.2) is 4.98 Å². The Bertz CT molecular complexity index is 1180. The highest BCUT2D eigenvalue weighted by atomic mass is 16.5. The fraction of sp³-hybridized carbons (Fsp3) is 0.0435. The van der Waals surface area contributed by atoms with Crippen molar-refractivity contribution in [3.8, 4) is 28.3 Å². The molecule has 124 valence electrons. The van der Waals surface area contributed by atoms with Crippen molar-refractivity contribution in [1.29, 1.82) is 0 Å². The lowest BCUT2D eigenvalue weighted by molar-refractivity contribution is 0.104. The van der Waals surface area contributed by atoms with E-state index in [2.05, 4.69) is 0 Å². The number of carbonyl (C=O) groups excluding carboxylic acids is 1. The van der Waals surface area contributed by atoms with Crippen LogP contribution in [0.5, 0.6) is 5.75 Å². The third kappa shape index (κ3) is 2.07. The van der Waals surface area contributed by atoms with Crippen LogP contribution >= 0.6 is 0 Å². The topological polar surface area (TPSA) is 39.2 Å². The minimum Gasteiger partial charge on any atom is -0.497 e. The molecule has 0 unspecified atom stereocenters. The van der Waals surface area contributed by atoms with Gasteiger partial charge in [0, 0.05) is 27.6 Å². The van der Waals surface area contributed by atoms with E-state index in [-0.39, 0.29) is 5.78 Å². The van der Waals surface area contributed by atoms with E-state index < -0.39 is 0 Å². The monoisotopic (exact) mass is 337 g/mol. The number of methoxy groups -OCH3 is 1. The van der Waals surface area contributed by atoms with Crippen LogP contribution in [0.15, 0.2) is 72.8 Å². The van der Waals surface area contributed by atoms with Crippen LogP contribution in [0.25, 0.3) is 33.3 Å². The molecule has 0 fully saturated rings. The molecule has 0 amide bonds. The van der Waals surface area contributed by atoms with Gasteiger partial charge in [-0.05, 0) is 35.7 Å². The number of carbonyl (C=O) groups is 1. The first kappa shape index (κ1) is 14.8. The molecule has 1 aliphatic carbocycles. The van der Waals surface area contributed by atoms with Crippen LogP contribution in [-0.4, -0.2) is 17.9 Å². The molecule has 26 heavy (non-hydrogen) atoms. The van der Waals surface area contributed by atoms with E-state index in [0.717, 1.165) is 44.6 Å². The maximum atomic E-state index is 12.9. The summed E-state index contributed by atoms with van der Waals surface area (Å²) in [7, 11) is 1.66. The molecule has 0 saturated carbocycles. The number of ether oxygens (including phenoxy) is 1. The van der Waals surface area contributed by atoms with Crippen molar-refractivity contribution in [1.82, 2.24) is 4.98 Å². The van der Waals surface area contributed by atoms with E-state index in [1.165, 1.54) is 0 Å². The molecule has 0 N–H and O–H groups in total. The number of ketones is 1. The molecule has 0 spiro atoms. The van der Waals surface area contributed by atoms with Crippen molar-refractivity contribution in [3.63, 3.8) is 0 Å². The van der Waals surface area contributed by atoms with Crippen LogP contribution in [-0.2, 0) is 0 Å². The number of aromatic nitrogens is 1. The summed E-state index contributed by atoms with van der Waals surface area (Å²) < 4.78 is 5.25. The summed E-state index contributed by atoms with van der Waals surface area (Å²) >= 11 is 0. The molecule has 1 heterocycles. The zero-order chi connectivity index (χ0) is 17.7. The van der Waals surface area contributed by atoms with Gasteiger partial charge in [0.1, 0.15) is 5.75 Å². The lowest BCUT2D eigenvalue weighted by Crippen LogP contribution is -2.11. The van der Waals surface area contributed by atoms with Crippen molar-refractivity contribution in [2.75, 3.05) is 7.11 Å². The molecule has 5 rings (SSSR count). The lowest BCUT2D eigenvalue weighted by Gasteiger charge is -2.20. The van der Waals surface area contributed by atoms with Gasteiger partial charge in [0.25, 0.3) is 0 Å². The van der Waals surface area contributed by atoms with Crippen LogP contribution in [0.2, 0.25) is 0 Å². The van der Waals surface area contributed by atoms with Gasteiger partial charge in [-0.3, -0.25) is 4.79 Å². The van der Waals surface area contributed by atoms with Gasteiger partial charge in [-0.1, -0.05) is 42.5 Å². The predicted molar refractivity (Wildman–Crippen MR) is 103 cm³/mol. The zero-order valence-corrected chi connectivity index (χ0v) is 14.2. The number of pyridine rings is 1. The van der Waals surface area contributed by atoms with Crippen LogP contribution in [0.4, 0.5) is 0 Å². The second kappa shape index (κ2) is 5.53. The zero-order valence-electron chi connectivity index (χ0n) is 14.2. The Morgan fingerprint density at radius 3 is 2.31 bits per heavy atom. The minimum atomic E-state index is 0.0673. The average molecular weight is 337 g/mol. The molecule has 1 aromatic heterocycles. The summed E-state index contributed by atoms with van der Waals surface area (Å²) in [6.07, 6.45) is 0. The van der Waals surface area contributed by atoms with Crippen molar-refractivity contribution in [2.24, 2.45) is 0 Å². The predicted octanol–water partition coefficient (Wildman–Crippen LogP) is 5.12. The van der Waals surface area contributed by atoms with Crippen molar-refractivity contribution in [2.45, 2.75) is 0 Å². The molecule has 1 aliphatic rings. The van der Waals surface area contributed by atoms with E-state index in [9.17, 15) is 4.79 Å². The molecule has 0 bridgehead atoms. The Labute approximate surface area is 150 Å². The van der Waals surface area contributed by atoms with Gasteiger partial charge in [0.2, 0.25) is 0 Å². The van der Waals surface area contributed by atoms with Gasteiger partial charge >= 0.3 is 0 Å². The number of hydrogen-bond donors (Lipinski definition) is 0. The third-order valence-electron chi connectivity index (χ3n) is 4.92. The molecule has 3 nitrogen and oxygen atoms in total. The second-order valence-electron chi connectivity index (χ2n) is 6.36. The van der Waals surface area contributed by atoms with Gasteiger partial charge in [0.15, 0.2) is 5.78 Å². The largest absolute Gasteiger partial charge is 0.497 e. The van der Waals surface area contributed by atoms with Crippen molar-refractivity contribution < 1.29 is 9.53 Å². The quantitative estimate of drug-likeness (QED) is 0.449. The smallest absolute Gasteiger partial charge is 0.194 e. The molecule has 0 radical (unpaired) electrons. The van der Waals surface area contributed by atoms with E-state index in [0.29, 0.717) is 5.56 Å². The molecule has 4 aromatic rings. The number of fused-ring (bicyclic) bond motifs is 2. The Kier molecular flexibility index (Phi) is 3.16. The van der Waals surface area contributed by atoms with E-state index in [1.807, 2.05) is 72.8 Å². The normalized spacial score (nSPS) is 12.1. The molecular formula is C23H15NO2. The fourth-order valence-corrected chi connectivity index (χ4v) is 3.64. The number of rotatable bonds is 2. The number of hydrogen-bond acceptors (Lipinski definition) is 3. The van der Waals surface area contributed by atoms with Gasteiger partial charge < -0.3 is 4.74 Å². The molecule has 0 saturated heterocycles. The van der Waals surface area contributed by atoms with Crippen LogP contribution < -0.4 is 4.74 Å². The summed E-state index contributed by atoms with van der Waals surface area (Å²) in [5.41, 5.74) is 5.12. The van der Waals surface area contributed by atoms with E-state index >= 15 is 0 Å². The summed E-state index contributed by atoms with van der Waals surface area (Å²) in [6.45, 7) is 0. The van der Waals surface area contributed by atoms with Crippen LogP contribution in [0, 0.1) is 0 Å². The first-order valence-electron chi connectivity index (χ1n) is 8.48.